The van der Waals surface area contributed by atoms with Crippen molar-refractivity contribution < 1.29 is 13.2 Å². The summed E-state index contributed by atoms with van der Waals surface area (Å²) in [6.07, 6.45) is -2.62. The summed E-state index contributed by atoms with van der Waals surface area (Å²) in [6.45, 7) is 0.742. The van der Waals surface area contributed by atoms with E-state index in [9.17, 15) is 13.2 Å². The van der Waals surface area contributed by atoms with Crippen molar-refractivity contribution in [1.82, 2.24) is 4.98 Å². The first kappa shape index (κ1) is 12.0. The summed E-state index contributed by atoms with van der Waals surface area (Å²) >= 11 is 0. The quantitative estimate of drug-likeness (QED) is 0.889. The minimum absolute atomic E-state index is 0.0350. The Kier molecular flexibility index (Phi) is 2.89. The highest BCUT2D eigenvalue weighted by atomic mass is 19.4. The second-order valence-corrected chi connectivity index (χ2v) is 4.32. The van der Waals surface area contributed by atoms with Crippen molar-refractivity contribution in [3.05, 3.63) is 17.8 Å². The molecule has 1 heterocycles. The zero-order valence-electron chi connectivity index (χ0n) is 9.46. The number of halogens is 3. The number of anilines is 2. The van der Waals surface area contributed by atoms with Gasteiger partial charge in [-0.3, -0.25) is 0 Å². The number of aromatic nitrogens is 1. The van der Waals surface area contributed by atoms with Crippen LogP contribution in [0.3, 0.4) is 0 Å². The SMILES string of the molecule is Cc1nc(N(CC(F)(F)F)C2CC2)ccc1N. The summed E-state index contributed by atoms with van der Waals surface area (Å²) in [5.74, 6) is 0.358. The number of hydrogen-bond donors (Lipinski definition) is 1. The van der Waals surface area contributed by atoms with E-state index in [1.54, 1.807) is 19.1 Å². The topological polar surface area (TPSA) is 42.2 Å². The largest absolute Gasteiger partial charge is 0.405 e. The Morgan fingerprint density at radius 2 is 2.06 bits per heavy atom. The number of aryl methyl sites for hydroxylation is 1. The predicted octanol–water partition coefficient (Wildman–Crippen LogP) is 2.50. The van der Waals surface area contributed by atoms with Crippen molar-refractivity contribution in [2.75, 3.05) is 17.2 Å². The fourth-order valence-electron chi connectivity index (χ4n) is 1.70. The number of pyridine rings is 1. The molecule has 0 aliphatic heterocycles. The van der Waals surface area contributed by atoms with E-state index in [0.717, 1.165) is 12.8 Å². The molecule has 1 aliphatic rings. The van der Waals surface area contributed by atoms with E-state index in [2.05, 4.69) is 4.98 Å². The Hall–Kier alpha value is -1.46. The monoisotopic (exact) mass is 245 g/mol. The first-order valence-corrected chi connectivity index (χ1v) is 5.43. The normalized spacial score (nSPS) is 16.0. The van der Waals surface area contributed by atoms with E-state index in [-0.39, 0.29) is 6.04 Å². The Labute approximate surface area is 97.4 Å². The van der Waals surface area contributed by atoms with Gasteiger partial charge in [0.25, 0.3) is 0 Å². The molecule has 1 fully saturated rings. The lowest BCUT2D eigenvalue weighted by Crippen LogP contribution is -2.36. The fraction of sp³-hybridized carbons (Fsp3) is 0.545. The summed E-state index contributed by atoms with van der Waals surface area (Å²) < 4.78 is 37.4. The van der Waals surface area contributed by atoms with Crippen LogP contribution in [0.5, 0.6) is 0 Å². The van der Waals surface area contributed by atoms with Crippen molar-refractivity contribution in [3.8, 4) is 0 Å². The maximum atomic E-state index is 12.5. The highest BCUT2D eigenvalue weighted by Gasteiger charge is 2.38. The van der Waals surface area contributed by atoms with Crippen molar-refractivity contribution in [1.29, 1.82) is 0 Å². The molecule has 94 valence electrons. The smallest absolute Gasteiger partial charge is 0.397 e. The van der Waals surface area contributed by atoms with Crippen LogP contribution < -0.4 is 10.6 Å². The van der Waals surface area contributed by atoms with Crippen molar-refractivity contribution in [2.24, 2.45) is 0 Å². The van der Waals surface area contributed by atoms with E-state index in [1.165, 1.54) is 4.90 Å². The van der Waals surface area contributed by atoms with Crippen molar-refractivity contribution in [3.63, 3.8) is 0 Å². The summed E-state index contributed by atoms with van der Waals surface area (Å²) in [5, 5.41) is 0. The summed E-state index contributed by atoms with van der Waals surface area (Å²) in [7, 11) is 0. The lowest BCUT2D eigenvalue weighted by molar-refractivity contribution is -0.120. The van der Waals surface area contributed by atoms with Gasteiger partial charge in [-0.05, 0) is 31.9 Å². The van der Waals surface area contributed by atoms with E-state index >= 15 is 0 Å². The maximum absolute atomic E-state index is 12.5. The van der Waals surface area contributed by atoms with Crippen molar-refractivity contribution >= 4 is 11.5 Å². The second-order valence-electron chi connectivity index (χ2n) is 4.32. The van der Waals surface area contributed by atoms with E-state index in [0.29, 0.717) is 17.2 Å². The molecule has 2 rings (SSSR count). The number of nitrogens with zero attached hydrogens (tertiary/aromatic N) is 2. The average Bonchev–Trinajstić information content (AvgIpc) is 3.01. The van der Waals surface area contributed by atoms with Gasteiger partial charge in [-0.15, -0.1) is 0 Å². The predicted molar refractivity (Wildman–Crippen MR) is 59.8 cm³/mol. The van der Waals surface area contributed by atoms with E-state index in [1.807, 2.05) is 0 Å². The molecule has 3 nitrogen and oxygen atoms in total. The van der Waals surface area contributed by atoms with E-state index in [4.69, 9.17) is 5.73 Å². The minimum atomic E-state index is -4.21. The minimum Gasteiger partial charge on any atom is -0.397 e. The number of hydrogen-bond acceptors (Lipinski definition) is 3. The highest BCUT2D eigenvalue weighted by molar-refractivity contribution is 5.51. The average molecular weight is 245 g/mol. The van der Waals surface area contributed by atoms with Gasteiger partial charge >= 0.3 is 6.18 Å². The van der Waals surface area contributed by atoms with Gasteiger partial charge in [-0.25, -0.2) is 4.98 Å². The molecule has 1 aromatic rings. The third kappa shape index (κ3) is 3.01. The fourth-order valence-corrected chi connectivity index (χ4v) is 1.70. The summed E-state index contributed by atoms with van der Waals surface area (Å²) in [6, 6.07) is 3.11. The molecule has 0 unspecified atom stereocenters. The van der Waals surface area contributed by atoms with Gasteiger partial charge in [-0.1, -0.05) is 0 Å². The van der Waals surface area contributed by atoms with Gasteiger partial charge in [0, 0.05) is 6.04 Å². The number of alkyl halides is 3. The molecule has 1 saturated carbocycles. The lowest BCUT2D eigenvalue weighted by Gasteiger charge is -2.25. The van der Waals surface area contributed by atoms with Crippen LogP contribution in [0.15, 0.2) is 12.1 Å². The molecule has 2 N–H and O–H groups in total. The number of rotatable bonds is 3. The van der Waals surface area contributed by atoms with E-state index < -0.39 is 12.7 Å². The zero-order valence-corrected chi connectivity index (χ0v) is 9.46. The summed E-state index contributed by atoms with van der Waals surface area (Å²) in [5.41, 5.74) is 6.67. The Bertz CT molecular complexity index is 413. The lowest BCUT2D eigenvalue weighted by atomic mass is 10.3. The first-order chi connectivity index (χ1) is 7.87. The van der Waals surface area contributed by atoms with Crippen LogP contribution >= 0.6 is 0 Å². The third-order valence-electron chi connectivity index (χ3n) is 2.74. The molecule has 0 radical (unpaired) electrons. The van der Waals surface area contributed by atoms with Crippen LogP contribution in [0, 0.1) is 6.92 Å². The molecule has 0 spiro atoms. The molecule has 1 aliphatic carbocycles. The van der Waals surface area contributed by atoms with Crippen LogP contribution in [-0.2, 0) is 0 Å². The van der Waals surface area contributed by atoms with Crippen LogP contribution in [0.1, 0.15) is 18.5 Å². The highest BCUT2D eigenvalue weighted by Crippen LogP contribution is 2.33. The molecule has 0 amide bonds. The van der Waals surface area contributed by atoms with Gasteiger partial charge in [0.15, 0.2) is 0 Å². The number of nitrogen functional groups attached to an aromatic ring is 1. The molecule has 0 atom stereocenters. The molecular formula is C11H14F3N3. The van der Waals surface area contributed by atoms with Crippen LogP contribution in [0.25, 0.3) is 0 Å². The van der Waals surface area contributed by atoms with Gasteiger partial charge in [0.05, 0.1) is 11.4 Å². The molecular weight excluding hydrogens is 231 g/mol. The van der Waals surface area contributed by atoms with Gasteiger partial charge in [-0.2, -0.15) is 13.2 Å². The Morgan fingerprint density at radius 1 is 1.41 bits per heavy atom. The summed E-state index contributed by atoms with van der Waals surface area (Å²) in [4.78, 5) is 5.43. The van der Waals surface area contributed by atoms with Gasteiger partial charge in [0.1, 0.15) is 12.4 Å². The zero-order chi connectivity index (χ0) is 12.6. The first-order valence-electron chi connectivity index (χ1n) is 5.43. The van der Waals surface area contributed by atoms with Crippen LogP contribution in [0.2, 0.25) is 0 Å². The van der Waals surface area contributed by atoms with Crippen molar-refractivity contribution in [2.45, 2.75) is 32.0 Å². The second kappa shape index (κ2) is 4.09. The molecule has 0 bridgehead atoms. The maximum Gasteiger partial charge on any atom is 0.405 e. The standard InChI is InChI=1S/C11H14F3N3/c1-7-9(15)4-5-10(16-7)17(8-2-3-8)6-11(12,13)14/h4-5,8H,2-3,6,15H2,1H3. The van der Waals surface area contributed by atoms with Crippen LogP contribution in [0.4, 0.5) is 24.7 Å². The Morgan fingerprint density at radius 3 is 2.53 bits per heavy atom. The molecule has 6 heteroatoms. The third-order valence-corrected chi connectivity index (χ3v) is 2.74. The molecule has 1 aromatic heterocycles. The number of nitrogens with two attached hydrogens (primary N) is 1. The molecule has 0 aromatic carbocycles. The van der Waals surface area contributed by atoms with Crippen LogP contribution in [-0.4, -0.2) is 23.7 Å². The molecule has 0 saturated heterocycles. The van der Waals surface area contributed by atoms with Gasteiger partial charge < -0.3 is 10.6 Å². The van der Waals surface area contributed by atoms with Gasteiger partial charge in [0.2, 0.25) is 0 Å². The Balaban J connectivity index is 2.23. The molecule has 17 heavy (non-hydrogen) atoms.